The number of anilines is 1. The number of pyridine rings is 1. The van der Waals surface area contributed by atoms with Crippen LogP contribution in [-0.4, -0.2) is 9.81 Å². The van der Waals surface area contributed by atoms with Crippen LogP contribution in [0.25, 0.3) is 0 Å². The molecule has 0 aliphatic carbocycles. The fourth-order valence-electron chi connectivity index (χ4n) is 1.22. The molecule has 0 radical (unpaired) electrons. The summed E-state index contributed by atoms with van der Waals surface area (Å²) in [5.74, 6) is 0. The van der Waals surface area contributed by atoms with Gasteiger partial charge in [0, 0.05) is 22.9 Å². The van der Waals surface area contributed by atoms with Crippen molar-refractivity contribution in [2.45, 2.75) is 31.0 Å². The first-order chi connectivity index (χ1) is 6.20. The second-order valence-corrected chi connectivity index (χ2v) is 4.81. The lowest BCUT2D eigenvalue weighted by molar-refractivity contribution is 0.735. The summed E-state index contributed by atoms with van der Waals surface area (Å²) in [6.45, 7) is 2.16. The van der Waals surface area contributed by atoms with Crippen molar-refractivity contribution in [1.29, 1.82) is 0 Å². The van der Waals surface area contributed by atoms with Crippen molar-refractivity contribution in [2.75, 3.05) is 5.73 Å². The minimum absolute atomic E-state index is 0.588. The van der Waals surface area contributed by atoms with E-state index in [9.17, 15) is 0 Å². The molecule has 1 heterocycles. The molecule has 72 valence electrons. The van der Waals surface area contributed by atoms with E-state index in [2.05, 4.69) is 27.8 Å². The average molecular weight is 243 g/mol. The predicted molar refractivity (Wildman–Crippen MR) is 60.0 cm³/mol. The summed E-state index contributed by atoms with van der Waals surface area (Å²) in [6.07, 6.45) is 6.94. The first kappa shape index (κ1) is 10.5. The van der Waals surface area contributed by atoms with Gasteiger partial charge in [0.2, 0.25) is 0 Å². The highest BCUT2D eigenvalue weighted by Crippen LogP contribution is 2.14. The Morgan fingerprint density at radius 3 is 3.00 bits per heavy atom. The minimum Gasteiger partial charge on any atom is -0.398 e. The zero-order chi connectivity index (χ0) is 9.68. The summed E-state index contributed by atoms with van der Waals surface area (Å²) in [5.41, 5.74) is 7.81. The number of nitrogens with two attached hydrogens (primary N) is 1. The second-order valence-electron chi connectivity index (χ2n) is 3.25. The Balaban J connectivity index is 2.41. The molecule has 0 saturated heterocycles. The third-order valence-electron chi connectivity index (χ3n) is 1.99. The highest BCUT2D eigenvalue weighted by atomic mass is 79.9. The molecule has 13 heavy (non-hydrogen) atoms. The summed E-state index contributed by atoms with van der Waals surface area (Å²) in [5, 5.41) is 0. The Labute approximate surface area is 87.7 Å². The van der Waals surface area contributed by atoms with E-state index in [-0.39, 0.29) is 0 Å². The van der Waals surface area contributed by atoms with Crippen molar-refractivity contribution in [3.05, 3.63) is 24.0 Å². The van der Waals surface area contributed by atoms with Crippen LogP contribution >= 0.6 is 15.9 Å². The SMILES string of the molecule is CC(Br)CCCc1cnccc1N. The van der Waals surface area contributed by atoms with Gasteiger partial charge in [0.05, 0.1) is 0 Å². The monoisotopic (exact) mass is 242 g/mol. The van der Waals surface area contributed by atoms with Crippen LogP contribution in [0.5, 0.6) is 0 Å². The lowest BCUT2D eigenvalue weighted by Gasteiger charge is -2.05. The van der Waals surface area contributed by atoms with Crippen molar-refractivity contribution in [1.82, 2.24) is 4.98 Å². The Hall–Kier alpha value is -0.570. The van der Waals surface area contributed by atoms with Crippen LogP contribution in [0.15, 0.2) is 18.5 Å². The molecule has 2 nitrogen and oxygen atoms in total. The third-order valence-corrected chi connectivity index (χ3v) is 2.45. The van der Waals surface area contributed by atoms with Gasteiger partial charge in [-0.3, -0.25) is 4.98 Å². The highest BCUT2D eigenvalue weighted by molar-refractivity contribution is 9.09. The van der Waals surface area contributed by atoms with E-state index >= 15 is 0 Å². The lowest BCUT2D eigenvalue weighted by Crippen LogP contribution is -1.97. The highest BCUT2D eigenvalue weighted by Gasteiger charge is 2.00. The standard InChI is InChI=1S/C10H15BrN2/c1-8(11)3-2-4-9-7-13-6-5-10(9)12/h5-8H,2-4H2,1H3,(H2,12,13). The molecule has 1 atom stereocenters. The van der Waals surface area contributed by atoms with Gasteiger partial charge >= 0.3 is 0 Å². The van der Waals surface area contributed by atoms with Gasteiger partial charge in [0.25, 0.3) is 0 Å². The Morgan fingerprint density at radius 1 is 1.62 bits per heavy atom. The van der Waals surface area contributed by atoms with Gasteiger partial charge < -0.3 is 5.73 Å². The number of nitrogens with zero attached hydrogens (tertiary/aromatic N) is 1. The number of halogens is 1. The van der Waals surface area contributed by atoms with E-state index in [0.29, 0.717) is 4.83 Å². The van der Waals surface area contributed by atoms with E-state index in [4.69, 9.17) is 5.73 Å². The molecule has 1 rings (SSSR count). The number of nitrogen functional groups attached to an aromatic ring is 1. The van der Waals surface area contributed by atoms with Crippen LogP contribution in [0.4, 0.5) is 5.69 Å². The predicted octanol–water partition coefficient (Wildman–Crippen LogP) is 2.77. The molecule has 1 aromatic rings. The van der Waals surface area contributed by atoms with E-state index in [0.717, 1.165) is 24.1 Å². The minimum atomic E-state index is 0.588. The van der Waals surface area contributed by atoms with Crippen LogP contribution in [-0.2, 0) is 6.42 Å². The Kier molecular flexibility index (Phi) is 4.22. The van der Waals surface area contributed by atoms with Gasteiger partial charge in [-0.2, -0.15) is 0 Å². The maximum atomic E-state index is 5.79. The lowest BCUT2D eigenvalue weighted by atomic mass is 10.1. The molecule has 0 aliphatic heterocycles. The molecule has 2 N–H and O–H groups in total. The number of hydrogen-bond donors (Lipinski definition) is 1. The maximum Gasteiger partial charge on any atom is 0.0377 e. The molecule has 0 aliphatic rings. The smallest absolute Gasteiger partial charge is 0.0377 e. The molecule has 0 saturated carbocycles. The van der Waals surface area contributed by atoms with Crippen molar-refractivity contribution in [3.8, 4) is 0 Å². The average Bonchev–Trinajstić information content (AvgIpc) is 2.08. The van der Waals surface area contributed by atoms with Crippen molar-refractivity contribution in [3.63, 3.8) is 0 Å². The largest absolute Gasteiger partial charge is 0.398 e. The fraction of sp³-hybridized carbons (Fsp3) is 0.500. The van der Waals surface area contributed by atoms with Crippen LogP contribution < -0.4 is 5.73 Å². The van der Waals surface area contributed by atoms with E-state index in [1.807, 2.05) is 12.3 Å². The Morgan fingerprint density at radius 2 is 2.38 bits per heavy atom. The summed E-state index contributed by atoms with van der Waals surface area (Å²) < 4.78 is 0. The van der Waals surface area contributed by atoms with Gasteiger partial charge in [-0.15, -0.1) is 0 Å². The van der Waals surface area contributed by atoms with Crippen LogP contribution in [0.3, 0.4) is 0 Å². The molecule has 0 bridgehead atoms. The first-order valence-electron chi connectivity index (χ1n) is 4.52. The van der Waals surface area contributed by atoms with Gasteiger partial charge in [-0.05, 0) is 30.9 Å². The molecule has 0 amide bonds. The molecule has 3 heteroatoms. The van der Waals surface area contributed by atoms with Crippen LogP contribution in [0.2, 0.25) is 0 Å². The first-order valence-corrected chi connectivity index (χ1v) is 5.44. The van der Waals surface area contributed by atoms with Gasteiger partial charge in [-0.25, -0.2) is 0 Å². The van der Waals surface area contributed by atoms with E-state index in [1.54, 1.807) is 6.20 Å². The third kappa shape index (κ3) is 3.77. The number of alkyl halides is 1. The number of rotatable bonds is 4. The van der Waals surface area contributed by atoms with E-state index in [1.165, 1.54) is 6.42 Å². The van der Waals surface area contributed by atoms with Crippen molar-refractivity contribution >= 4 is 21.6 Å². The van der Waals surface area contributed by atoms with Crippen LogP contribution in [0, 0.1) is 0 Å². The van der Waals surface area contributed by atoms with Gasteiger partial charge in [0.15, 0.2) is 0 Å². The number of hydrogen-bond acceptors (Lipinski definition) is 2. The van der Waals surface area contributed by atoms with Gasteiger partial charge in [-0.1, -0.05) is 22.9 Å². The quantitative estimate of drug-likeness (QED) is 0.826. The van der Waals surface area contributed by atoms with E-state index < -0.39 is 0 Å². The fourth-order valence-corrected chi connectivity index (χ4v) is 1.54. The molecular formula is C10H15BrN2. The zero-order valence-electron chi connectivity index (χ0n) is 7.83. The van der Waals surface area contributed by atoms with Crippen molar-refractivity contribution < 1.29 is 0 Å². The molecular weight excluding hydrogens is 228 g/mol. The molecule has 1 unspecified atom stereocenters. The molecule has 0 fully saturated rings. The van der Waals surface area contributed by atoms with Crippen molar-refractivity contribution in [2.24, 2.45) is 0 Å². The molecule has 1 aromatic heterocycles. The molecule has 0 aromatic carbocycles. The summed E-state index contributed by atoms with van der Waals surface area (Å²) in [6, 6.07) is 1.85. The topological polar surface area (TPSA) is 38.9 Å². The number of aromatic nitrogens is 1. The zero-order valence-corrected chi connectivity index (χ0v) is 9.42. The summed E-state index contributed by atoms with van der Waals surface area (Å²) >= 11 is 3.52. The molecule has 0 spiro atoms. The Bertz CT molecular complexity index is 261. The normalized spacial score (nSPS) is 12.8. The van der Waals surface area contributed by atoms with Crippen LogP contribution in [0.1, 0.15) is 25.3 Å². The maximum absolute atomic E-state index is 5.79. The van der Waals surface area contributed by atoms with Gasteiger partial charge in [0.1, 0.15) is 0 Å². The number of aryl methyl sites for hydroxylation is 1. The summed E-state index contributed by atoms with van der Waals surface area (Å²) in [7, 11) is 0. The second kappa shape index (κ2) is 5.22. The summed E-state index contributed by atoms with van der Waals surface area (Å²) in [4.78, 5) is 4.64.